The van der Waals surface area contributed by atoms with Crippen LogP contribution >= 0.6 is 0 Å². The molecule has 0 spiro atoms. The van der Waals surface area contributed by atoms with E-state index in [0.717, 1.165) is 5.92 Å². The third-order valence-corrected chi connectivity index (χ3v) is 3.39. The average molecular weight is 209 g/mol. The second-order valence-electron chi connectivity index (χ2n) is 1.92. The number of rotatable bonds is 3. The Bertz CT molecular complexity index is 25.7. The van der Waals surface area contributed by atoms with Crippen molar-refractivity contribution in [2.24, 2.45) is 5.92 Å². The van der Waals surface area contributed by atoms with E-state index in [0.29, 0.717) is 0 Å². The van der Waals surface area contributed by atoms with Crippen LogP contribution in [-0.2, 0) is 0 Å². The maximum atomic E-state index is 2.28. The third-order valence-electron chi connectivity index (χ3n) is 1.49. The van der Waals surface area contributed by atoms with Crippen molar-refractivity contribution in [3.8, 4) is 0 Å². The average Bonchev–Trinajstić information content (AvgIpc) is 1.72. The number of hydrogen-bond donors (Lipinski definition) is 0. The molecular weight excluding hydrogens is 194 g/mol. The monoisotopic (exact) mass is 208 g/mol. The Balaban J connectivity index is 2.99. The van der Waals surface area contributed by atoms with Gasteiger partial charge in [-0.15, -0.1) is 0 Å². The molecule has 0 aliphatic rings. The van der Waals surface area contributed by atoms with E-state index >= 15 is 0 Å². The Morgan fingerprint density at radius 2 is 1.71 bits per heavy atom. The molecule has 0 N–H and O–H groups in total. The summed E-state index contributed by atoms with van der Waals surface area (Å²) in [5.41, 5.74) is 0. The van der Waals surface area contributed by atoms with Crippen LogP contribution in [0.5, 0.6) is 0 Å². The molecule has 0 saturated heterocycles. The van der Waals surface area contributed by atoms with Crippen LogP contribution in [0.3, 0.4) is 0 Å². The van der Waals surface area contributed by atoms with Gasteiger partial charge >= 0.3 is 60.0 Å². The molecule has 0 aliphatic carbocycles. The van der Waals surface area contributed by atoms with E-state index in [-0.39, 0.29) is 0 Å². The van der Waals surface area contributed by atoms with Crippen LogP contribution in [0.1, 0.15) is 26.7 Å². The van der Waals surface area contributed by atoms with Gasteiger partial charge in [-0.05, 0) is 0 Å². The van der Waals surface area contributed by atoms with Gasteiger partial charge in [-0.2, -0.15) is 0 Å². The summed E-state index contributed by atoms with van der Waals surface area (Å²) in [6.07, 6.45) is 2.77. The zero-order chi connectivity index (χ0) is 5.70. The molecule has 0 nitrogen and oxygen atoms in total. The molecule has 0 aromatic carbocycles. The minimum absolute atomic E-state index is 1.04. The molecule has 1 heteroatoms. The third kappa shape index (κ3) is 3.40. The van der Waals surface area contributed by atoms with Crippen molar-refractivity contribution >= 4 is 23.0 Å². The standard InChI is InChI=1S/C6H13.Sb.2H/c1-4-6(3)5-2;;;/h6H,3-5H2,1-2H3;;;. The summed E-state index contributed by atoms with van der Waals surface area (Å²) in [4.78, 5) is 0. The van der Waals surface area contributed by atoms with Crippen LogP contribution in [0.4, 0.5) is 0 Å². The molecule has 0 radical (unpaired) electrons. The molecule has 0 aromatic rings. The van der Waals surface area contributed by atoms with Crippen molar-refractivity contribution in [2.45, 2.75) is 31.1 Å². The van der Waals surface area contributed by atoms with Crippen molar-refractivity contribution in [1.29, 1.82) is 0 Å². The topological polar surface area (TPSA) is 0 Å². The Morgan fingerprint density at radius 1 is 1.29 bits per heavy atom. The first-order valence-electron chi connectivity index (χ1n) is 3.05. The molecule has 44 valence electrons. The quantitative estimate of drug-likeness (QED) is 0.617. The van der Waals surface area contributed by atoms with Gasteiger partial charge in [-0.1, -0.05) is 0 Å². The van der Waals surface area contributed by atoms with Gasteiger partial charge in [0.05, 0.1) is 0 Å². The summed E-state index contributed by atoms with van der Waals surface area (Å²) < 4.78 is 1.48. The molecule has 0 fully saturated rings. The first kappa shape index (κ1) is 7.82. The summed E-state index contributed by atoms with van der Waals surface area (Å²) in [6, 6.07) is 0. The molecule has 0 rings (SSSR count). The van der Waals surface area contributed by atoms with Gasteiger partial charge in [-0.25, -0.2) is 0 Å². The first-order chi connectivity index (χ1) is 3.35. The molecule has 0 atom stereocenters. The van der Waals surface area contributed by atoms with Gasteiger partial charge in [0.15, 0.2) is 0 Å². The van der Waals surface area contributed by atoms with E-state index < -0.39 is 0 Å². The molecule has 0 heterocycles. The Morgan fingerprint density at radius 3 is 1.71 bits per heavy atom. The zero-order valence-electron chi connectivity index (χ0n) is 5.28. The summed E-state index contributed by atoms with van der Waals surface area (Å²) in [5, 5.41) is 0. The summed E-state index contributed by atoms with van der Waals surface area (Å²) in [5.74, 6) is 1.04. The van der Waals surface area contributed by atoms with Crippen LogP contribution < -0.4 is 0 Å². The fraction of sp³-hybridized carbons (Fsp3) is 1.00. The zero-order valence-corrected chi connectivity index (χ0v) is 8.57. The fourth-order valence-corrected chi connectivity index (χ4v) is 2.52. The normalized spacial score (nSPS) is 10.3. The molecule has 0 aliphatic heterocycles. The fourth-order valence-electron chi connectivity index (χ4n) is 0.622. The van der Waals surface area contributed by atoms with Gasteiger partial charge in [-0.3, -0.25) is 0 Å². The van der Waals surface area contributed by atoms with E-state index in [9.17, 15) is 0 Å². The second kappa shape index (κ2) is 4.96. The molecule has 0 unspecified atom stereocenters. The SMILES string of the molecule is CCC(CC)[CH2][SbH2]. The van der Waals surface area contributed by atoms with E-state index in [1.54, 1.807) is 0 Å². The van der Waals surface area contributed by atoms with Crippen LogP contribution in [0.2, 0.25) is 4.37 Å². The summed E-state index contributed by atoms with van der Waals surface area (Å²) in [7, 11) is 0. The maximum absolute atomic E-state index is 2.28. The Kier molecular flexibility index (Phi) is 5.55. The van der Waals surface area contributed by atoms with E-state index in [2.05, 4.69) is 13.8 Å². The Hall–Kier alpha value is 0.818. The van der Waals surface area contributed by atoms with Gasteiger partial charge in [0.1, 0.15) is 0 Å². The number of hydrogen-bond acceptors (Lipinski definition) is 0. The van der Waals surface area contributed by atoms with E-state index in [1.165, 1.54) is 40.2 Å². The molecular formula is C6H15Sb. The van der Waals surface area contributed by atoms with Crippen LogP contribution in [0.15, 0.2) is 0 Å². The minimum atomic E-state index is 1.04. The van der Waals surface area contributed by atoms with Gasteiger partial charge in [0.2, 0.25) is 0 Å². The van der Waals surface area contributed by atoms with Crippen molar-refractivity contribution < 1.29 is 0 Å². The first-order valence-corrected chi connectivity index (χ1v) is 5.38. The van der Waals surface area contributed by atoms with Crippen molar-refractivity contribution in [1.82, 2.24) is 0 Å². The molecule has 0 saturated carbocycles. The van der Waals surface area contributed by atoms with Crippen molar-refractivity contribution in [3.63, 3.8) is 0 Å². The van der Waals surface area contributed by atoms with Crippen LogP contribution in [-0.4, -0.2) is 23.0 Å². The van der Waals surface area contributed by atoms with Crippen LogP contribution in [0, 0.1) is 5.92 Å². The molecule has 0 bridgehead atoms. The van der Waals surface area contributed by atoms with Crippen LogP contribution in [0.25, 0.3) is 0 Å². The van der Waals surface area contributed by atoms with Gasteiger partial charge < -0.3 is 0 Å². The van der Waals surface area contributed by atoms with Gasteiger partial charge in [0, 0.05) is 0 Å². The van der Waals surface area contributed by atoms with Crippen molar-refractivity contribution in [2.75, 3.05) is 0 Å². The molecule has 0 amide bonds. The predicted molar refractivity (Wildman–Crippen MR) is 37.4 cm³/mol. The Labute approximate surface area is 60.2 Å². The predicted octanol–water partition coefficient (Wildman–Crippen LogP) is 1.47. The van der Waals surface area contributed by atoms with E-state index in [4.69, 9.17) is 0 Å². The van der Waals surface area contributed by atoms with Crippen molar-refractivity contribution in [3.05, 3.63) is 0 Å². The molecule has 7 heavy (non-hydrogen) atoms. The second-order valence-corrected chi connectivity index (χ2v) is 3.26. The molecule has 0 aromatic heterocycles. The van der Waals surface area contributed by atoms with E-state index in [1.807, 2.05) is 0 Å². The van der Waals surface area contributed by atoms with Gasteiger partial charge in [0.25, 0.3) is 0 Å². The summed E-state index contributed by atoms with van der Waals surface area (Å²) in [6.45, 7) is 4.56. The summed E-state index contributed by atoms with van der Waals surface area (Å²) >= 11 is 1.45.